The van der Waals surface area contributed by atoms with E-state index in [1.807, 2.05) is 55.5 Å². The zero-order chi connectivity index (χ0) is 20.2. The summed E-state index contributed by atoms with van der Waals surface area (Å²) >= 11 is 5.27. The summed E-state index contributed by atoms with van der Waals surface area (Å²) in [5, 5.41) is 6.07. The fourth-order valence-electron chi connectivity index (χ4n) is 2.87. The smallest absolute Gasteiger partial charge is 0.230 e. The van der Waals surface area contributed by atoms with Crippen molar-refractivity contribution in [3.05, 3.63) is 59.7 Å². The summed E-state index contributed by atoms with van der Waals surface area (Å²) in [6.45, 7) is 4.92. The molecule has 0 saturated carbocycles. The third-order valence-corrected chi connectivity index (χ3v) is 4.68. The molecule has 0 aromatic heterocycles. The van der Waals surface area contributed by atoms with Gasteiger partial charge in [-0.15, -0.1) is 0 Å². The normalized spacial score (nSPS) is 10.4. The second kappa shape index (κ2) is 12.1. The second-order valence-corrected chi connectivity index (χ2v) is 7.30. The monoisotopic (exact) mass is 398 g/mol. The van der Waals surface area contributed by atoms with E-state index in [1.165, 1.54) is 25.7 Å². The van der Waals surface area contributed by atoms with Gasteiger partial charge < -0.3 is 15.4 Å². The predicted octanol–water partition coefficient (Wildman–Crippen LogP) is 5.40. The van der Waals surface area contributed by atoms with Gasteiger partial charge in [0.05, 0.1) is 13.0 Å². The number of unbranched alkanes of at least 4 members (excludes halogenated alkanes) is 4. The van der Waals surface area contributed by atoms with Crippen molar-refractivity contribution in [2.24, 2.45) is 0 Å². The summed E-state index contributed by atoms with van der Waals surface area (Å²) in [5.41, 5.74) is 2.89. The Morgan fingerprint density at radius 1 is 1.04 bits per heavy atom. The molecule has 150 valence electrons. The number of hydrogen-bond donors (Lipinski definition) is 2. The minimum absolute atomic E-state index is 0.133. The minimum atomic E-state index is -0.133. The molecule has 0 aliphatic heterocycles. The Morgan fingerprint density at radius 3 is 2.61 bits per heavy atom. The van der Waals surface area contributed by atoms with Crippen molar-refractivity contribution in [2.45, 2.75) is 52.4 Å². The largest absolute Gasteiger partial charge is 0.494 e. The lowest BCUT2D eigenvalue weighted by atomic mass is 10.1. The predicted molar refractivity (Wildman–Crippen MR) is 120 cm³/mol. The van der Waals surface area contributed by atoms with Crippen molar-refractivity contribution in [3.8, 4) is 5.75 Å². The number of amides is 1. The molecule has 2 aromatic rings. The molecule has 0 aliphatic rings. The Bertz CT molecular complexity index is 777. The number of benzene rings is 2. The van der Waals surface area contributed by atoms with E-state index in [1.54, 1.807) is 0 Å². The number of ether oxygens (including phenoxy) is 1. The maximum Gasteiger partial charge on any atom is 0.230 e. The van der Waals surface area contributed by atoms with Gasteiger partial charge in [0.1, 0.15) is 5.75 Å². The Kier molecular flexibility index (Phi) is 9.49. The van der Waals surface area contributed by atoms with Crippen LogP contribution in [0, 0.1) is 6.92 Å². The topological polar surface area (TPSA) is 50.4 Å². The third kappa shape index (κ3) is 8.09. The number of rotatable bonds is 10. The fourth-order valence-corrected chi connectivity index (χ4v) is 3.11. The van der Waals surface area contributed by atoms with Gasteiger partial charge in [-0.25, -0.2) is 0 Å². The van der Waals surface area contributed by atoms with Crippen LogP contribution < -0.4 is 15.4 Å². The summed E-state index contributed by atoms with van der Waals surface area (Å²) in [7, 11) is 0. The first-order valence-electron chi connectivity index (χ1n) is 9.96. The van der Waals surface area contributed by atoms with E-state index < -0.39 is 0 Å². The van der Waals surface area contributed by atoms with Gasteiger partial charge in [-0.1, -0.05) is 62.9 Å². The van der Waals surface area contributed by atoms with Crippen LogP contribution in [0.1, 0.15) is 50.2 Å². The van der Waals surface area contributed by atoms with Gasteiger partial charge in [0, 0.05) is 11.8 Å². The summed E-state index contributed by atoms with van der Waals surface area (Å²) < 4.78 is 5.81. The van der Waals surface area contributed by atoms with Crippen LogP contribution in [0.4, 0.5) is 5.69 Å². The zero-order valence-corrected chi connectivity index (χ0v) is 17.6. The summed E-state index contributed by atoms with van der Waals surface area (Å²) in [4.78, 5) is 12.2. The van der Waals surface area contributed by atoms with Gasteiger partial charge in [0.2, 0.25) is 5.91 Å². The third-order valence-electron chi connectivity index (χ3n) is 4.47. The average molecular weight is 399 g/mol. The molecule has 0 saturated heterocycles. The number of carbonyl (C=O) groups excluding carboxylic acids is 1. The van der Waals surface area contributed by atoms with E-state index in [9.17, 15) is 4.79 Å². The quantitative estimate of drug-likeness (QED) is 0.416. The molecule has 2 rings (SSSR count). The fraction of sp³-hybridized carbons (Fsp3) is 0.391. The highest BCUT2D eigenvalue weighted by Gasteiger charge is 2.08. The van der Waals surface area contributed by atoms with Crippen molar-refractivity contribution in [1.29, 1.82) is 0 Å². The van der Waals surface area contributed by atoms with Gasteiger partial charge in [0.15, 0.2) is 5.11 Å². The molecule has 2 N–H and O–H groups in total. The molecule has 2 aromatic carbocycles. The molecule has 0 spiro atoms. The molecule has 0 unspecified atom stereocenters. The van der Waals surface area contributed by atoms with E-state index in [4.69, 9.17) is 17.0 Å². The van der Waals surface area contributed by atoms with Crippen LogP contribution in [0.25, 0.3) is 0 Å². The van der Waals surface area contributed by atoms with Crippen molar-refractivity contribution in [1.82, 2.24) is 5.32 Å². The maximum atomic E-state index is 12.2. The van der Waals surface area contributed by atoms with Crippen LogP contribution in [0.5, 0.6) is 5.75 Å². The lowest BCUT2D eigenvalue weighted by Gasteiger charge is -2.12. The standard InChI is InChI=1S/C23H30N2O2S/c1-3-4-5-6-9-15-27-21-14-10-13-20(17-21)24-23(28)25-22(26)16-19-12-8-7-11-18(19)2/h7-8,10-14,17H,3-6,9,15-16H2,1-2H3,(H2,24,25,26,28). The molecule has 0 bridgehead atoms. The molecule has 4 nitrogen and oxygen atoms in total. The lowest BCUT2D eigenvalue weighted by molar-refractivity contribution is -0.119. The van der Waals surface area contributed by atoms with Crippen molar-refractivity contribution >= 4 is 28.9 Å². The van der Waals surface area contributed by atoms with Gasteiger partial charge in [-0.05, 0) is 48.8 Å². The summed E-state index contributed by atoms with van der Waals surface area (Å²) in [5.74, 6) is 0.667. The van der Waals surface area contributed by atoms with E-state index >= 15 is 0 Å². The Morgan fingerprint density at radius 2 is 1.82 bits per heavy atom. The first-order chi connectivity index (χ1) is 13.6. The number of nitrogens with one attached hydrogen (secondary N) is 2. The molecule has 1 amide bonds. The molecule has 0 radical (unpaired) electrons. The number of carbonyl (C=O) groups is 1. The molecule has 0 fully saturated rings. The molecule has 28 heavy (non-hydrogen) atoms. The van der Waals surface area contributed by atoms with Crippen LogP contribution in [-0.4, -0.2) is 17.6 Å². The van der Waals surface area contributed by atoms with Crippen molar-refractivity contribution < 1.29 is 9.53 Å². The van der Waals surface area contributed by atoms with E-state index in [0.29, 0.717) is 13.0 Å². The lowest BCUT2D eigenvalue weighted by Crippen LogP contribution is -2.35. The first kappa shape index (κ1) is 21.9. The molecule has 0 aliphatic carbocycles. The van der Waals surface area contributed by atoms with E-state index in [2.05, 4.69) is 17.6 Å². The van der Waals surface area contributed by atoms with E-state index in [-0.39, 0.29) is 11.0 Å². The van der Waals surface area contributed by atoms with Crippen LogP contribution in [-0.2, 0) is 11.2 Å². The summed E-state index contributed by atoms with van der Waals surface area (Å²) in [6, 6.07) is 15.5. The van der Waals surface area contributed by atoms with Gasteiger partial charge in [-0.2, -0.15) is 0 Å². The van der Waals surface area contributed by atoms with Crippen molar-refractivity contribution in [2.75, 3.05) is 11.9 Å². The molecule has 0 atom stereocenters. The number of anilines is 1. The van der Waals surface area contributed by atoms with Crippen LogP contribution in [0.3, 0.4) is 0 Å². The minimum Gasteiger partial charge on any atom is -0.494 e. The van der Waals surface area contributed by atoms with Crippen LogP contribution >= 0.6 is 12.2 Å². The van der Waals surface area contributed by atoms with Crippen molar-refractivity contribution in [3.63, 3.8) is 0 Å². The summed E-state index contributed by atoms with van der Waals surface area (Å²) in [6.07, 6.45) is 6.35. The Hall–Kier alpha value is -2.40. The molecule has 5 heteroatoms. The van der Waals surface area contributed by atoms with Gasteiger partial charge in [0.25, 0.3) is 0 Å². The number of hydrogen-bond acceptors (Lipinski definition) is 3. The van der Waals surface area contributed by atoms with E-state index in [0.717, 1.165) is 29.0 Å². The Balaban J connectivity index is 1.77. The Labute approximate surface area is 173 Å². The highest BCUT2D eigenvalue weighted by Crippen LogP contribution is 2.18. The second-order valence-electron chi connectivity index (χ2n) is 6.90. The number of thiocarbonyl (C=S) groups is 1. The SMILES string of the molecule is CCCCCCCOc1cccc(NC(=S)NC(=O)Cc2ccccc2C)c1. The highest BCUT2D eigenvalue weighted by atomic mass is 32.1. The highest BCUT2D eigenvalue weighted by molar-refractivity contribution is 7.80. The maximum absolute atomic E-state index is 12.2. The first-order valence-corrected chi connectivity index (χ1v) is 10.4. The molecule has 0 heterocycles. The average Bonchev–Trinajstić information content (AvgIpc) is 2.66. The zero-order valence-electron chi connectivity index (χ0n) is 16.8. The molecular weight excluding hydrogens is 368 g/mol. The molecular formula is C23H30N2O2S. The van der Waals surface area contributed by atoms with Crippen LogP contribution in [0.15, 0.2) is 48.5 Å². The van der Waals surface area contributed by atoms with Crippen LogP contribution in [0.2, 0.25) is 0 Å². The van der Waals surface area contributed by atoms with Gasteiger partial charge >= 0.3 is 0 Å². The van der Waals surface area contributed by atoms with Gasteiger partial charge in [-0.3, -0.25) is 4.79 Å². The number of aryl methyl sites for hydroxylation is 1.